The van der Waals surface area contributed by atoms with Crippen molar-refractivity contribution >= 4 is 29.1 Å². The van der Waals surface area contributed by atoms with Crippen molar-refractivity contribution in [3.63, 3.8) is 0 Å². The predicted octanol–water partition coefficient (Wildman–Crippen LogP) is -0.450. The molecule has 2 atom stereocenters. The first-order valence-corrected chi connectivity index (χ1v) is 13.0. The van der Waals surface area contributed by atoms with Crippen molar-refractivity contribution in [2.24, 2.45) is 17.6 Å². The van der Waals surface area contributed by atoms with E-state index in [0.717, 1.165) is 24.3 Å². The van der Waals surface area contributed by atoms with Gasteiger partial charge in [0, 0.05) is 38.3 Å². The summed E-state index contributed by atoms with van der Waals surface area (Å²) in [6, 6.07) is 0.0344. The molecule has 0 saturated carbocycles. The highest BCUT2D eigenvalue weighted by atomic mass is 32.2. The summed E-state index contributed by atoms with van der Waals surface area (Å²) in [5.41, 5.74) is 5.87. The summed E-state index contributed by atoms with van der Waals surface area (Å²) >= 11 is 1.95. The standard InChI is InChI=1S/C17H35BN4O4S2/c1-17(19)13-21(12-15(17)3-2-6-18(23)24)28(25,26)22(16-9-20-10-16)11-14-4-7-27-8-5-14/h14-16,20,23-24H,2-13,19H2,1H3/t15-,17-/m0/s1. The molecule has 3 rings (SSSR count). The van der Waals surface area contributed by atoms with Gasteiger partial charge >= 0.3 is 7.12 Å². The number of hydrogen-bond donors (Lipinski definition) is 4. The fraction of sp³-hybridized carbons (Fsp3) is 1.00. The van der Waals surface area contributed by atoms with E-state index >= 15 is 0 Å². The SMILES string of the molecule is C[C@]1(N)CN(S(=O)(=O)N(CC2CCSCC2)C2CNC2)C[C@@H]1CCCB(O)O. The molecule has 3 aliphatic rings. The molecule has 28 heavy (non-hydrogen) atoms. The highest BCUT2D eigenvalue weighted by Gasteiger charge is 2.48. The molecule has 0 spiro atoms. The van der Waals surface area contributed by atoms with E-state index in [9.17, 15) is 8.42 Å². The molecule has 8 nitrogen and oxygen atoms in total. The average Bonchev–Trinajstić information content (AvgIpc) is 2.89. The molecule has 11 heteroatoms. The van der Waals surface area contributed by atoms with Crippen molar-refractivity contribution in [3.05, 3.63) is 0 Å². The second kappa shape index (κ2) is 9.51. The van der Waals surface area contributed by atoms with E-state index in [1.165, 1.54) is 0 Å². The third-order valence-electron chi connectivity index (χ3n) is 6.46. The van der Waals surface area contributed by atoms with Gasteiger partial charge in [0.2, 0.25) is 0 Å². The molecule has 3 fully saturated rings. The van der Waals surface area contributed by atoms with Crippen molar-refractivity contribution in [3.8, 4) is 0 Å². The van der Waals surface area contributed by atoms with E-state index in [4.69, 9.17) is 15.8 Å². The second-order valence-corrected chi connectivity index (χ2v) is 12.0. The fourth-order valence-corrected chi connectivity index (χ4v) is 7.65. The quantitative estimate of drug-likeness (QED) is 0.363. The largest absolute Gasteiger partial charge is 0.451 e. The maximum Gasteiger partial charge on any atom is 0.451 e. The number of thioether (sulfide) groups is 1. The van der Waals surface area contributed by atoms with Crippen LogP contribution in [0.2, 0.25) is 6.32 Å². The van der Waals surface area contributed by atoms with Crippen LogP contribution in [0, 0.1) is 11.8 Å². The lowest BCUT2D eigenvalue weighted by Crippen LogP contribution is -2.62. The monoisotopic (exact) mass is 434 g/mol. The molecule has 0 aromatic rings. The number of rotatable bonds is 9. The third kappa shape index (κ3) is 5.43. The minimum atomic E-state index is -3.56. The summed E-state index contributed by atoms with van der Waals surface area (Å²) < 4.78 is 30.4. The molecule has 0 amide bonds. The molecule has 3 heterocycles. The maximum absolute atomic E-state index is 13.5. The summed E-state index contributed by atoms with van der Waals surface area (Å²) in [4.78, 5) is 0. The van der Waals surface area contributed by atoms with Gasteiger partial charge in [0.25, 0.3) is 10.2 Å². The van der Waals surface area contributed by atoms with Crippen molar-refractivity contribution in [2.45, 2.75) is 50.5 Å². The van der Waals surface area contributed by atoms with Gasteiger partial charge < -0.3 is 21.1 Å². The highest BCUT2D eigenvalue weighted by Crippen LogP contribution is 2.34. The van der Waals surface area contributed by atoms with Crippen LogP contribution in [-0.2, 0) is 10.2 Å². The van der Waals surface area contributed by atoms with Gasteiger partial charge in [-0.1, -0.05) is 6.42 Å². The van der Waals surface area contributed by atoms with Crippen molar-refractivity contribution in [1.82, 2.24) is 13.9 Å². The van der Waals surface area contributed by atoms with Gasteiger partial charge in [-0.25, -0.2) is 0 Å². The third-order valence-corrected chi connectivity index (χ3v) is 9.48. The predicted molar refractivity (Wildman–Crippen MR) is 114 cm³/mol. The molecule has 0 radical (unpaired) electrons. The first-order valence-electron chi connectivity index (χ1n) is 10.4. The van der Waals surface area contributed by atoms with Gasteiger partial charge in [0.1, 0.15) is 0 Å². The summed E-state index contributed by atoms with van der Waals surface area (Å²) in [7, 11) is -4.88. The van der Waals surface area contributed by atoms with Crippen LogP contribution < -0.4 is 11.1 Å². The van der Waals surface area contributed by atoms with Gasteiger partial charge in [-0.3, -0.25) is 0 Å². The molecule has 0 aliphatic carbocycles. The van der Waals surface area contributed by atoms with E-state index in [2.05, 4.69) is 5.32 Å². The molecule has 0 bridgehead atoms. The average molecular weight is 434 g/mol. The summed E-state index contributed by atoms with van der Waals surface area (Å²) in [5, 5.41) is 21.3. The van der Waals surface area contributed by atoms with Gasteiger partial charge in [0.15, 0.2) is 0 Å². The highest BCUT2D eigenvalue weighted by molar-refractivity contribution is 7.99. The zero-order valence-corrected chi connectivity index (χ0v) is 18.4. The van der Waals surface area contributed by atoms with Crippen LogP contribution in [0.15, 0.2) is 0 Å². The fourth-order valence-electron chi connectivity index (χ4n) is 4.41. The lowest BCUT2D eigenvalue weighted by molar-refractivity contribution is 0.198. The molecular formula is C17H35BN4O4S2. The zero-order valence-electron chi connectivity index (χ0n) is 16.8. The topological polar surface area (TPSA) is 119 Å². The second-order valence-electron chi connectivity index (χ2n) is 8.85. The van der Waals surface area contributed by atoms with E-state index < -0.39 is 22.9 Å². The minimum Gasteiger partial charge on any atom is -0.427 e. The first-order chi connectivity index (χ1) is 13.2. The number of nitrogens with zero attached hydrogens (tertiary/aromatic N) is 2. The van der Waals surface area contributed by atoms with Crippen LogP contribution >= 0.6 is 11.8 Å². The Kier molecular flexibility index (Phi) is 7.74. The van der Waals surface area contributed by atoms with Gasteiger partial charge in [-0.15, -0.1) is 0 Å². The van der Waals surface area contributed by atoms with Crippen LogP contribution in [-0.4, -0.2) is 90.0 Å². The Morgan fingerprint density at radius 3 is 2.57 bits per heavy atom. The summed E-state index contributed by atoms with van der Waals surface area (Å²) in [6.07, 6.45) is 3.77. The Morgan fingerprint density at radius 2 is 2.00 bits per heavy atom. The summed E-state index contributed by atoms with van der Waals surface area (Å²) in [6.45, 7) is 4.68. The van der Waals surface area contributed by atoms with Gasteiger partial charge in [-0.2, -0.15) is 28.8 Å². The number of nitrogens with two attached hydrogens (primary N) is 1. The van der Waals surface area contributed by atoms with Crippen molar-refractivity contribution in [2.75, 3.05) is 44.2 Å². The van der Waals surface area contributed by atoms with Crippen LogP contribution in [0.3, 0.4) is 0 Å². The Hall–Kier alpha value is 0.125. The molecule has 162 valence electrons. The molecule has 0 aromatic heterocycles. The minimum absolute atomic E-state index is 0.0217. The molecule has 3 saturated heterocycles. The molecule has 5 N–H and O–H groups in total. The molecular weight excluding hydrogens is 399 g/mol. The molecule has 0 unspecified atom stereocenters. The Labute approximate surface area is 173 Å². The maximum atomic E-state index is 13.5. The zero-order chi connectivity index (χ0) is 20.4. The van der Waals surface area contributed by atoms with E-state index in [0.29, 0.717) is 57.8 Å². The van der Waals surface area contributed by atoms with Crippen molar-refractivity contribution in [1.29, 1.82) is 0 Å². The van der Waals surface area contributed by atoms with Crippen LogP contribution in [0.25, 0.3) is 0 Å². The Bertz CT molecular complexity index is 612. The van der Waals surface area contributed by atoms with Gasteiger partial charge in [0.05, 0.1) is 6.04 Å². The number of nitrogens with one attached hydrogen (secondary N) is 1. The Balaban J connectivity index is 1.68. The molecule has 0 aromatic carbocycles. The van der Waals surface area contributed by atoms with E-state index in [-0.39, 0.29) is 12.0 Å². The molecule has 3 aliphatic heterocycles. The normalized spacial score (nSPS) is 30.7. The lowest BCUT2D eigenvalue weighted by Gasteiger charge is -2.41. The van der Waals surface area contributed by atoms with Crippen molar-refractivity contribution < 1.29 is 18.5 Å². The van der Waals surface area contributed by atoms with E-state index in [1.54, 1.807) is 8.61 Å². The lowest BCUT2D eigenvalue weighted by atomic mass is 9.79. The first kappa shape index (κ1) is 22.8. The smallest absolute Gasteiger partial charge is 0.427 e. The van der Waals surface area contributed by atoms with Gasteiger partial charge in [-0.05, 0) is 55.8 Å². The summed E-state index contributed by atoms with van der Waals surface area (Å²) in [5.74, 6) is 2.69. The van der Waals surface area contributed by atoms with Crippen LogP contribution in [0.4, 0.5) is 0 Å². The Morgan fingerprint density at radius 1 is 1.32 bits per heavy atom. The van der Waals surface area contributed by atoms with Crippen LogP contribution in [0.1, 0.15) is 32.6 Å². The van der Waals surface area contributed by atoms with Crippen LogP contribution in [0.5, 0.6) is 0 Å². The van der Waals surface area contributed by atoms with E-state index in [1.807, 2.05) is 18.7 Å². The number of hydrogen-bond acceptors (Lipinski definition) is 7.